The van der Waals surface area contributed by atoms with Gasteiger partial charge in [-0.25, -0.2) is 4.98 Å². The third kappa shape index (κ3) is 2.65. The lowest BCUT2D eigenvalue weighted by Gasteiger charge is -2.21. The maximum Gasteiger partial charge on any atom is 0.153 e. The number of hydrogen-bond donors (Lipinski definition) is 1. The third-order valence-electron chi connectivity index (χ3n) is 3.47. The van der Waals surface area contributed by atoms with Gasteiger partial charge in [0.15, 0.2) is 5.76 Å². The molecule has 2 aromatic heterocycles. The fraction of sp³-hybridized carbons (Fsp3) is 0.500. The lowest BCUT2D eigenvalue weighted by molar-refractivity contribution is 0.372. The summed E-state index contributed by atoms with van der Waals surface area (Å²) in [6, 6.07) is 3.99. The molecule has 0 bridgehead atoms. The van der Waals surface area contributed by atoms with Gasteiger partial charge >= 0.3 is 0 Å². The topological polar surface area (TPSA) is 38.1 Å². The van der Waals surface area contributed by atoms with Crippen LogP contribution in [-0.2, 0) is 6.42 Å². The summed E-state index contributed by atoms with van der Waals surface area (Å²) in [4.78, 5) is 4.69. The van der Waals surface area contributed by atoms with Gasteiger partial charge < -0.3 is 9.73 Å². The zero-order valence-electron chi connectivity index (χ0n) is 10.6. The van der Waals surface area contributed by atoms with Crippen LogP contribution in [0.1, 0.15) is 23.6 Å². The minimum atomic E-state index is 0.795. The summed E-state index contributed by atoms with van der Waals surface area (Å²) in [6.45, 7) is 4.27. The Morgan fingerprint density at radius 1 is 1.39 bits per heavy atom. The van der Waals surface area contributed by atoms with E-state index in [0.717, 1.165) is 42.6 Å². The summed E-state index contributed by atoms with van der Waals surface area (Å²) in [5.74, 6) is 2.63. The van der Waals surface area contributed by atoms with Crippen LogP contribution >= 0.6 is 11.3 Å². The number of nitrogens with zero attached hydrogens (tertiary/aromatic N) is 1. The lowest BCUT2D eigenvalue weighted by atomic mass is 9.95. The van der Waals surface area contributed by atoms with Crippen molar-refractivity contribution in [3.8, 4) is 11.5 Å². The van der Waals surface area contributed by atoms with Crippen molar-refractivity contribution in [2.75, 3.05) is 13.1 Å². The molecule has 1 N–H and O–H groups in total. The Balaban J connectivity index is 1.69. The first-order chi connectivity index (χ1) is 8.81. The van der Waals surface area contributed by atoms with Crippen LogP contribution in [0.25, 0.3) is 11.5 Å². The molecule has 96 valence electrons. The molecule has 0 atom stereocenters. The average Bonchev–Trinajstić information content (AvgIpc) is 2.99. The summed E-state index contributed by atoms with van der Waals surface area (Å²) < 4.78 is 5.61. The molecule has 0 unspecified atom stereocenters. The summed E-state index contributed by atoms with van der Waals surface area (Å²) in [6.07, 6.45) is 3.66. The molecular formula is C14H18N2OS. The van der Waals surface area contributed by atoms with Gasteiger partial charge in [-0.1, -0.05) is 0 Å². The Labute approximate surface area is 111 Å². The van der Waals surface area contributed by atoms with Crippen molar-refractivity contribution in [1.82, 2.24) is 10.3 Å². The van der Waals surface area contributed by atoms with Crippen LogP contribution in [0, 0.1) is 12.8 Å². The van der Waals surface area contributed by atoms with Gasteiger partial charge in [0.1, 0.15) is 11.5 Å². The highest BCUT2D eigenvalue weighted by Crippen LogP contribution is 2.26. The van der Waals surface area contributed by atoms with Crippen molar-refractivity contribution in [2.45, 2.75) is 26.2 Å². The molecule has 0 radical (unpaired) electrons. The Kier molecular flexibility index (Phi) is 3.48. The van der Waals surface area contributed by atoms with Gasteiger partial charge in [-0.3, -0.25) is 0 Å². The number of thiazole rings is 1. The Morgan fingerprint density at radius 2 is 2.22 bits per heavy atom. The monoisotopic (exact) mass is 262 g/mol. The largest absolute Gasteiger partial charge is 0.460 e. The van der Waals surface area contributed by atoms with Gasteiger partial charge in [0.25, 0.3) is 0 Å². The van der Waals surface area contributed by atoms with E-state index in [1.54, 1.807) is 11.3 Å². The van der Waals surface area contributed by atoms with Crippen LogP contribution in [-0.4, -0.2) is 18.1 Å². The van der Waals surface area contributed by atoms with E-state index in [-0.39, 0.29) is 0 Å². The van der Waals surface area contributed by atoms with E-state index in [2.05, 4.69) is 10.7 Å². The Hall–Kier alpha value is -1.13. The van der Waals surface area contributed by atoms with Crippen LogP contribution in [0.15, 0.2) is 21.9 Å². The first-order valence-electron chi connectivity index (χ1n) is 6.53. The van der Waals surface area contributed by atoms with Gasteiger partial charge in [-0.05, 0) is 50.9 Å². The first-order valence-corrected chi connectivity index (χ1v) is 7.41. The van der Waals surface area contributed by atoms with Crippen molar-refractivity contribution >= 4 is 11.3 Å². The standard InChI is InChI=1S/C14H18N2OS/c1-10-2-3-13(17-10)12-9-18-14(16-12)8-11-4-6-15-7-5-11/h2-3,9,11,15H,4-8H2,1H3. The van der Waals surface area contributed by atoms with Gasteiger partial charge in [0.05, 0.1) is 5.01 Å². The predicted molar refractivity (Wildman–Crippen MR) is 73.9 cm³/mol. The van der Waals surface area contributed by atoms with Crippen molar-refractivity contribution in [1.29, 1.82) is 0 Å². The van der Waals surface area contributed by atoms with Crippen LogP contribution in [0.4, 0.5) is 0 Å². The highest BCUT2D eigenvalue weighted by atomic mass is 32.1. The van der Waals surface area contributed by atoms with Gasteiger partial charge in [-0.2, -0.15) is 0 Å². The minimum absolute atomic E-state index is 0.795. The molecule has 1 saturated heterocycles. The molecule has 1 aliphatic rings. The van der Waals surface area contributed by atoms with Crippen LogP contribution in [0.3, 0.4) is 0 Å². The van der Waals surface area contributed by atoms with Crippen molar-refractivity contribution in [3.63, 3.8) is 0 Å². The Bertz CT molecular complexity index is 511. The van der Waals surface area contributed by atoms with Crippen molar-refractivity contribution in [2.24, 2.45) is 5.92 Å². The molecule has 0 spiro atoms. The van der Waals surface area contributed by atoms with E-state index in [9.17, 15) is 0 Å². The zero-order valence-corrected chi connectivity index (χ0v) is 11.4. The van der Waals surface area contributed by atoms with E-state index in [4.69, 9.17) is 9.40 Å². The summed E-state index contributed by atoms with van der Waals surface area (Å²) >= 11 is 1.76. The molecule has 3 rings (SSSR count). The van der Waals surface area contributed by atoms with E-state index >= 15 is 0 Å². The molecule has 1 aliphatic heterocycles. The summed E-state index contributed by atoms with van der Waals surface area (Å²) in [5.41, 5.74) is 0.983. The van der Waals surface area contributed by atoms with Crippen LogP contribution in [0.5, 0.6) is 0 Å². The quantitative estimate of drug-likeness (QED) is 0.922. The van der Waals surface area contributed by atoms with Crippen molar-refractivity contribution in [3.05, 3.63) is 28.3 Å². The number of aryl methyl sites for hydroxylation is 1. The molecule has 0 saturated carbocycles. The molecule has 0 amide bonds. The summed E-state index contributed by atoms with van der Waals surface area (Å²) in [7, 11) is 0. The molecular weight excluding hydrogens is 244 g/mol. The third-order valence-corrected chi connectivity index (χ3v) is 4.34. The van der Waals surface area contributed by atoms with E-state index in [1.807, 2.05) is 19.1 Å². The molecule has 1 fully saturated rings. The van der Waals surface area contributed by atoms with Gasteiger partial charge in [-0.15, -0.1) is 11.3 Å². The van der Waals surface area contributed by atoms with Gasteiger partial charge in [0.2, 0.25) is 0 Å². The van der Waals surface area contributed by atoms with E-state index < -0.39 is 0 Å². The maximum atomic E-state index is 5.61. The van der Waals surface area contributed by atoms with E-state index in [1.165, 1.54) is 17.8 Å². The fourth-order valence-corrected chi connectivity index (χ4v) is 3.32. The summed E-state index contributed by atoms with van der Waals surface area (Å²) in [5, 5.41) is 6.75. The second kappa shape index (κ2) is 5.24. The number of furan rings is 1. The molecule has 3 nitrogen and oxygen atoms in total. The molecule has 0 aliphatic carbocycles. The minimum Gasteiger partial charge on any atom is -0.460 e. The lowest BCUT2D eigenvalue weighted by Crippen LogP contribution is -2.28. The predicted octanol–water partition coefficient (Wildman–Crippen LogP) is 3.25. The normalized spacial score (nSPS) is 17.2. The van der Waals surface area contributed by atoms with Gasteiger partial charge in [0, 0.05) is 11.8 Å². The number of nitrogens with one attached hydrogen (secondary N) is 1. The zero-order chi connectivity index (χ0) is 12.4. The van der Waals surface area contributed by atoms with Crippen LogP contribution < -0.4 is 5.32 Å². The Morgan fingerprint density at radius 3 is 2.94 bits per heavy atom. The number of aromatic nitrogens is 1. The highest BCUT2D eigenvalue weighted by molar-refractivity contribution is 7.09. The smallest absolute Gasteiger partial charge is 0.153 e. The number of hydrogen-bond acceptors (Lipinski definition) is 4. The fourth-order valence-electron chi connectivity index (χ4n) is 2.42. The molecule has 0 aromatic carbocycles. The van der Waals surface area contributed by atoms with Crippen LogP contribution in [0.2, 0.25) is 0 Å². The molecule has 18 heavy (non-hydrogen) atoms. The second-order valence-corrected chi connectivity index (χ2v) is 5.88. The average molecular weight is 262 g/mol. The highest BCUT2D eigenvalue weighted by Gasteiger charge is 2.16. The first kappa shape index (κ1) is 11.9. The maximum absolute atomic E-state index is 5.61. The molecule has 3 heterocycles. The van der Waals surface area contributed by atoms with E-state index in [0.29, 0.717) is 0 Å². The molecule has 2 aromatic rings. The number of rotatable bonds is 3. The number of piperidine rings is 1. The second-order valence-electron chi connectivity index (χ2n) is 4.93. The molecule has 4 heteroatoms. The SMILES string of the molecule is Cc1ccc(-c2csc(CC3CCNCC3)n2)o1. The van der Waals surface area contributed by atoms with Crippen molar-refractivity contribution < 1.29 is 4.42 Å².